The largest absolute Gasteiger partial charge is 0.393 e. The van der Waals surface area contributed by atoms with Gasteiger partial charge in [-0.1, -0.05) is 6.42 Å². The molecule has 1 saturated heterocycles. The van der Waals surface area contributed by atoms with Crippen LogP contribution in [0.2, 0.25) is 0 Å². The predicted molar refractivity (Wildman–Crippen MR) is 43.4 cm³/mol. The Morgan fingerprint density at radius 1 is 1.00 bits per heavy atom. The maximum Gasteiger partial charge on any atom is 0.157 e. The molecule has 70 valence electrons. The van der Waals surface area contributed by atoms with Gasteiger partial charge in [0, 0.05) is 5.92 Å². The number of aliphatic hydroxyl groups is 2. The van der Waals surface area contributed by atoms with Crippen molar-refractivity contribution in [3.63, 3.8) is 0 Å². The third-order valence-electron chi connectivity index (χ3n) is 3.19. The maximum atomic E-state index is 9.69. The molecule has 2 N–H and O–H groups in total. The second kappa shape index (κ2) is 3.32. The monoisotopic (exact) mass is 172 g/mol. The Kier molecular flexibility index (Phi) is 2.35. The average molecular weight is 172 g/mol. The number of ether oxygens (including phenoxy) is 1. The zero-order valence-corrected chi connectivity index (χ0v) is 7.15. The molecule has 0 radical (unpaired) electrons. The van der Waals surface area contributed by atoms with Gasteiger partial charge in [-0.3, -0.25) is 0 Å². The van der Waals surface area contributed by atoms with Crippen molar-refractivity contribution < 1.29 is 14.9 Å². The summed E-state index contributed by atoms with van der Waals surface area (Å²) in [4.78, 5) is 0. The molecule has 0 amide bonds. The molecule has 0 aromatic rings. The van der Waals surface area contributed by atoms with Crippen molar-refractivity contribution in [2.24, 2.45) is 11.8 Å². The van der Waals surface area contributed by atoms with Crippen molar-refractivity contribution in [1.82, 2.24) is 0 Å². The molecule has 0 aromatic carbocycles. The van der Waals surface area contributed by atoms with E-state index in [1.54, 1.807) is 0 Å². The fourth-order valence-corrected chi connectivity index (χ4v) is 2.50. The summed E-state index contributed by atoms with van der Waals surface area (Å²) in [5.74, 6) is 0.463. The molecule has 2 aliphatic rings. The molecular weight excluding hydrogens is 156 g/mol. The van der Waals surface area contributed by atoms with Gasteiger partial charge in [0.2, 0.25) is 0 Å². The van der Waals surface area contributed by atoms with Crippen molar-refractivity contribution in [2.45, 2.75) is 38.1 Å². The number of hydrogen-bond acceptors (Lipinski definition) is 3. The lowest BCUT2D eigenvalue weighted by Crippen LogP contribution is -2.28. The minimum atomic E-state index is -0.630. The molecule has 0 aromatic heterocycles. The van der Waals surface area contributed by atoms with Crippen molar-refractivity contribution in [3.05, 3.63) is 0 Å². The Hall–Kier alpha value is -0.120. The summed E-state index contributed by atoms with van der Waals surface area (Å²) >= 11 is 0. The summed E-state index contributed by atoms with van der Waals surface area (Å²) in [5, 5.41) is 19.2. The topological polar surface area (TPSA) is 49.7 Å². The van der Waals surface area contributed by atoms with Gasteiger partial charge in [-0.15, -0.1) is 0 Å². The summed E-state index contributed by atoms with van der Waals surface area (Å²) < 4.78 is 5.18. The minimum absolute atomic E-state index is 0.183. The number of fused-ring (bicyclic) bond motifs is 1. The second-order valence-electron chi connectivity index (χ2n) is 3.88. The normalized spacial score (nSPS) is 48.5. The van der Waals surface area contributed by atoms with Gasteiger partial charge in [-0.05, 0) is 25.2 Å². The van der Waals surface area contributed by atoms with E-state index >= 15 is 0 Å². The van der Waals surface area contributed by atoms with Gasteiger partial charge in [0.15, 0.2) is 6.29 Å². The van der Waals surface area contributed by atoms with Gasteiger partial charge in [-0.2, -0.15) is 0 Å². The molecule has 3 nitrogen and oxygen atoms in total. The van der Waals surface area contributed by atoms with Crippen LogP contribution in [0.4, 0.5) is 0 Å². The first-order chi connectivity index (χ1) is 5.79. The summed E-state index contributed by atoms with van der Waals surface area (Å²) in [6.07, 6.45) is 2.96. The van der Waals surface area contributed by atoms with Crippen LogP contribution in [0.25, 0.3) is 0 Å². The van der Waals surface area contributed by atoms with Crippen LogP contribution in [0.3, 0.4) is 0 Å². The summed E-state index contributed by atoms with van der Waals surface area (Å²) in [6.45, 7) is 0.495. The molecule has 1 aliphatic heterocycles. The Labute approximate surface area is 72.3 Å². The van der Waals surface area contributed by atoms with E-state index in [0.29, 0.717) is 13.0 Å². The molecule has 1 aliphatic carbocycles. The molecular formula is C9H16O3. The van der Waals surface area contributed by atoms with Gasteiger partial charge in [0.05, 0.1) is 12.7 Å². The fraction of sp³-hybridized carbons (Fsp3) is 1.00. The Bertz CT molecular complexity index is 144. The van der Waals surface area contributed by atoms with E-state index in [9.17, 15) is 10.2 Å². The van der Waals surface area contributed by atoms with Crippen molar-refractivity contribution in [1.29, 1.82) is 0 Å². The quantitative estimate of drug-likeness (QED) is 0.559. The molecule has 0 spiro atoms. The van der Waals surface area contributed by atoms with E-state index < -0.39 is 6.29 Å². The molecule has 2 fully saturated rings. The molecule has 2 rings (SSSR count). The van der Waals surface area contributed by atoms with Gasteiger partial charge in [0.25, 0.3) is 0 Å². The molecule has 1 heterocycles. The van der Waals surface area contributed by atoms with Crippen LogP contribution in [0.1, 0.15) is 25.7 Å². The zero-order chi connectivity index (χ0) is 8.55. The fourth-order valence-electron chi connectivity index (χ4n) is 2.50. The minimum Gasteiger partial charge on any atom is -0.393 e. The first-order valence-electron chi connectivity index (χ1n) is 4.77. The van der Waals surface area contributed by atoms with E-state index in [1.807, 2.05) is 0 Å². The van der Waals surface area contributed by atoms with Crippen molar-refractivity contribution in [3.8, 4) is 0 Å². The molecule has 4 atom stereocenters. The number of aliphatic hydroxyl groups excluding tert-OH is 2. The van der Waals surface area contributed by atoms with Gasteiger partial charge >= 0.3 is 0 Å². The van der Waals surface area contributed by atoms with E-state index in [2.05, 4.69) is 0 Å². The molecule has 12 heavy (non-hydrogen) atoms. The van der Waals surface area contributed by atoms with E-state index in [-0.39, 0.29) is 17.9 Å². The van der Waals surface area contributed by atoms with Crippen molar-refractivity contribution in [2.75, 3.05) is 6.61 Å². The van der Waals surface area contributed by atoms with Crippen LogP contribution in [0, 0.1) is 11.8 Å². The summed E-state index contributed by atoms with van der Waals surface area (Å²) in [5.41, 5.74) is 0. The number of hydrogen-bond donors (Lipinski definition) is 2. The second-order valence-corrected chi connectivity index (χ2v) is 3.88. The number of rotatable bonds is 0. The van der Waals surface area contributed by atoms with Gasteiger partial charge in [-0.25, -0.2) is 0 Å². The Morgan fingerprint density at radius 3 is 2.58 bits per heavy atom. The van der Waals surface area contributed by atoms with Gasteiger partial charge < -0.3 is 14.9 Å². The molecule has 1 saturated carbocycles. The summed E-state index contributed by atoms with van der Waals surface area (Å²) in [6, 6.07) is 0. The van der Waals surface area contributed by atoms with Crippen LogP contribution in [-0.2, 0) is 4.74 Å². The maximum absolute atomic E-state index is 9.69. The zero-order valence-electron chi connectivity index (χ0n) is 7.15. The SMILES string of the molecule is OC1CCOC(O)C2CCCC12. The van der Waals surface area contributed by atoms with Crippen LogP contribution < -0.4 is 0 Å². The third kappa shape index (κ3) is 1.37. The lowest BCUT2D eigenvalue weighted by atomic mass is 9.90. The van der Waals surface area contributed by atoms with E-state index in [4.69, 9.17) is 4.74 Å². The van der Waals surface area contributed by atoms with Crippen LogP contribution in [0.15, 0.2) is 0 Å². The third-order valence-corrected chi connectivity index (χ3v) is 3.19. The molecule has 4 unspecified atom stereocenters. The highest BCUT2D eigenvalue weighted by atomic mass is 16.6. The first-order valence-corrected chi connectivity index (χ1v) is 4.77. The smallest absolute Gasteiger partial charge is 0.157 e. The standard InChI is InChI=1S/C9H16O3/c10-8-4-5-12-9(11)7-3-1-2-6(7)8/h6-11H,1-5H2. The predicted octanol–water partition coefficient (Wildman–Crippen LogP) is 0.502. The molecule has 3 heteroatoms. The highest BCUT2D eigenvalue weighted by Gasteiger charge is 2.39. The molecule has 0 bridgehead atoms. The first kappa shape index (κ1) is 8.48. The lowest BCUT2D eigenvalue weighted by molar-refractivity contribution is -0.131. The van der Waals surface area contributed by atoms with Crippen LogP contribution in [-0.4, -0.2) is 29.2 Å². The van der Waals surface area contributed by atoms with Crippen molar-refractivity contribution >= 4 is 0 Å². The van der Waals surface area contributed by atoms with Crippen LogP contribution >= 0.6 is 0 Å². The van der Waals surface area contributed by atoms with Crippen LogP contribution in [0.5, 0.6) is 0 Å². The average Bonchev–Trinajstić information content (AvgIpc) is 2.47. The lowest BCUT2D eigenvalue weighted by Gasteiger charge is -2.22. The highest BCUT2D eigenvalue weighted by Crippen LogP contribution is 2.39. The highest BCUT2D eigenvalue weighted by molar-refractivity contribution is 4.86. The summed E-state index contributed by atoms with van der Waals surface area (Å²) in [7, 11) is 0. The Balaban J connectivity index is 2.09. The Morgan fingerprint density at radius 2 is 1.75 bits per heavy atom. The van der Waals surface area contributed by atoms with E-state index in [0.717, 1.165) is 19.3 Å². The van der Waals surface area contributed by atoms with E-state index in [1.165, 1.54) is 0 Å². The van der Waals surface area contributed by atoms with Gasteiger partial charge in [0.1, 0.15) is 0 Å².